The third kappa shape index (κ3) is 6.41. The highest BCUT2D eigenvalue weighted by molar-refractivity contribution is 5.92. The van der Waals surface area contributed by atoms with Crippen molar-refractivity contribution < 1.29 is 14.4 Å². The molecule has 0 saturated heterocycles. The maximum absolute atomic E-state index is 13.3. The van der Waals surface area contributed by atoms with Crippen LogP contribution in [0.5, 0.6) is 0 Å². The number of nitrogens with zero attached hydrogens (tertiary/aromatic N) is 4. The van der Waals surface area contributed by atoms with Crippen LogP contribution in [-0.2, 0) is 27.2 Å². The average Bonchev–Trinajstić information content (AvgIpc) is 3.32. The molecule has 33 heavy (non-hydrogen) atoms. The average molecular weight is 447 g/mol. The molecule has 3 N–H and O–H groups in total. The summed E-state index contributed by atoms with van der Waals surface area (Å²) in [5.41, 5.74) is 10.2. The maximum atomic E-state index is 13.3. The van der Waals surface area contributed by atoms with E-state index >= 15 is 0 Å². The lowest BCUT2D eigenvalue weighted by Crippen LogP contribution is -2.45. The van der Waals surface area contributed by atoms with Gasteiger partial charge in [0.25, 0.3) is 0 Å². The summed E-state index contributed by atoms with van der Waals surface area (Å²) in [7, 11) is 0. The Morgan fingerprint density at radius 2 is 1.94 bits per heavy atom. The summed E-state index contributed by atoms with van der Waals surface area (Å²) in [6, 6.07) is 12.5. The van der Waals surface area contributed by atoms with Crippen molar-refractivity contribution in [2.24, 2.45) is 11.0 Å². The van der Waals surface area contributed by atoms with Gasteiger partial charge in [-0.3, -0.25) is 14.4 Å². The number of rotatable bonds is 10. The zero-order valence-corrected chi connectivity index (χ0v) is 18.2. The van der Waals surface area contributed by atoms with Gasteiger partial charge in [0.1, 0.15) is 0 Å². The molecule has 2 atom stereocenters. The quantitative estimate of drug-likeness (QED) is 0.248. The molecular weight excluding hydrogens is 422 g/mol. The van der Waals surface area contributed by atoms with E-state index in [2.05, 4.69) is 30.6 Å². The fraction of sp³-hybridized carbons (Fsp3) is 0.304. The van der Waals surface area contributed by atoms with Crippen LogP contribution in [0.15, 0.2) is 60.1 Å². The summed E-state index contributed by atoms with van der Waals surface area (Å²) < 4.78 is 0. The fourth-order valence-electron chi connectivity index (χ4n) is 3.71. The molecule has 0 bridgehead atoms. The first kappa shape index (κ1) is 23.5. The molecule has 1 heterocycles. The maximum Gasteiger partial charge on any atom is 0.241 e. The number of hydrogen-bond donors (Lipinski definition) is 3. The number of hydrogen-bond acceptors (Lipinski definition) is 4. The zero-order valence-electron chi connectivity index (χ0n) is 18.2. The van der Waals surface area contributed by atoms with E-state index in [0.29, 0.717) is 18.7 Å². The second-order valence-electron chi connectivity index (χ2n) is 7.57. The van der Waals surface area contributed by atoms with Gasteiger partial charge >= 0.3 is 0 Å². The predicted octanol–water partition coefficient (Wildman–Crippen LogP) is 2.81. The lowest BCUT2D eigenvalue weighted by molar-refractivity contribution is -0.132. The topological polar surface area (TPSA) is 153 Å². The number of aromatic nitrogens is 2. The smallest absolute Gasteiger partial charge is 0.241 e. The van der Waals surface area contributed by atoms with Gasteiger partial charge in [-0.2, -0.15) is 0 Å². The van der Waals surface area contributed by atoms with Crippen LogP contribution in [0, 0.1) is 5.92 Å². The number of fused-ring (bicyclic) bond motifs is 1. The largest absolute Gasteiger partial charge is 0.356 e. The molecule has 1 aromatic heterocycles. The number of aromatic amines is 1. The van der Waals surface area contributed by atoms with Crippen molar-refractivity contribution in [3.8, 4) is 0 Å². The standard InChI is InChI=1S/C23H25N7O3/c1-2-26-21(31)11-17(10-16-8-5-7-15-6-3-4-9-19(15)16)22(32)28-20(23(33)29-30-24)12-18-13-25-14-27-18/h3-9,13-14,17,20H,2,10-12H2,1H3,(H,25,27)(H,26,31)(H,28,32)/t17?,20-/m0/s1. The molecule has 1 unspecified atom stereocenters. The molecule has 3 rings (SSSR count). The van der Waals surface area contributed by atoms with Crippen LogP contribution in [-0.4, -0.2) is 40.3 Å². The van der Waals surface area contributed by atoms with E-state index in [1.54, 1.807) is 6.92 Å². The minimum atomic E-state index is -1.09. The molecule has 0 aliphatic rings. The van der Waals surface area contributed by atoms with E-state index in [1.807, 2.05) is 42.5 Å². The Bertz CT molecular complexity index is 1160. The highest BCUT2D eigenvalue weighted by Crippen LogP contribution is 2.23. The van der Waals surface area contributed by atoms with Gasteiger partial charge in [-0.05, 0) is 40.3 Å². The highest BCUT2D eigenvalue weighted by Gasteiger charge is 2.28. The van der Waals surface area contributed by atoms with Crippen molar-refractivity contribution >= 4 is 28.5 Å². The molecule has 2 aromatic carbocycles. The number of amides is 3. The molecule has 170 valence electrons. The summed E-state index contributed by atoms with van der Waals surface area (Å²) in [5, 5.41) is 10.6. The van der Waals surface area contributed by atoms with Crippen molar-refractivity contribution in [3.05, 3.63) is 76.7 Å². The Morgan fingerprint density at radius 3 is 2.67 bits per heavy atom. The molecule has 10 heteroatoms. The number of benzene rings is 2. The summed E-state index contributed by atoms with van der Waals surface area (Å²) >= 11 is 0. The molecule has 0 radical (unpaired) electrons. The van der Waals surface area contributed by atoms with Gasteiger partial charge in [0, 0.05) is 36.2 Å². The third-order valence-corrected chi connectivity index (χ3v) is 5.26. The number of nitrogens with one attached hydrogen (secondary N) is 3. The van der Waals surface area contributed by atoms with Crippen LogP contribution in [0.1, 0.15) is 24.6 Å². The first-order valence-corrected chi connectivity index (χ1v) is 10.6. The lowest BCUT2D eigenvalue weighted by atomic mass is 9.91. The minimum absolute atomic E-state index is 0.0462. The van der Waals surface area contributed by atoms with Gasteiger partial charge in [0.2, 0.25) is 17.7 Å². The fourth-order valence-corrected chi connectivity index (χ4v) is 3.71. The number of azide groups is 1. The molecular formula is C23H25N7O3. The second kappa shape index (κ2) is 11.4. The van der Waals surface area contributed by atoms with Gasteiger partial charge in [0.05, 0.1) is 18.3 Å². The van der Waals surface area contributed by atoms with Gasteiger partial charge in [-0.15, -0.1) is 0 Å². The Labute approximate surface area is 190 Å². The van der Waals surface area contributed by atoms with Gasteiger partial charge < -0.3 is 15.6 Å². The van der Waals surface area contributed by atoms with Crippen molar-refractivity contribution in [1.82, 2.24) is 20.6 Å². The monoisotopic (exact) mass is 447 g/mol. The summed E-state index contributed by atoms with van der Waals surface area (Å²) in [6.07, 6.45) is 3.30. The Morgan fingerprint density at radius 1 is 1.15 bits per heavy atom. The first-order chi connectivity index (χ1) is 16.0. The second-order valence-corrected chi connectivity index (χ2v) is 7.57. The molecule has 3 aromatic rings. The molecule has 3 amide bonds. The van der Waals surface area contributed by atoms with E-state index < -0.39 is 23.8 Å². The van der Waals surface area contributed by atoms with Crippen molar-refractivity contribution in [2.45, 2.75) is 32.2 Å². The highest BCUT2D eigenvalue weighted by atomic mass is 16.2. The molecule has 0 aliphatic carbocycles. The van der Waals surface area contributed by atoms with Crippen LogP contribution in [0.4, 0.5) is 0 Å². The lowest BCUT2D eigenvalue weighted by Gasteiger charge is -2.21. The van der Waals surface area contributed by atoms with Gasteiger partial charge in [0.15, 0.2) is 0 Å². The number of H-pyrrole nitrogens is 1. The van der Waals surface area contributed by atoms with Crippen LogP contribution in [0.25, 0.3) is 21.2 Å². The van der Waals surface area contributed by atoms with Crippen molar-refractivity contribution in [2.75, 3.05) is 6.54 Å². The van der Waals surface area contributed by atoms with Crippen LogP contribution < -0.4 is 10.6 Å². The summed E-state index contributed by atoms with van der Waals surface area (Å²) in [6.45, 7) is 2.25. The molecule has 0 saturated carbocycles. The van der Waals surface area contributed by atoms with E-state index in [1.165, 1.54) is 12.5 Å². The van der Waals surface area contributed by atoms with Gasteiger partial charge in [-0.25, -0.2) is 4.98 Å². The molecule has 0 fully saturated rings. The van der Waals surface area contributed by atoms with E-state index in [4.69, 9.17) is 5.53 Å². The number of carbonyl (C=O) groups is 3. The van der Waals surface area contributed by atoms with Gasteiger partial charge in [-0.1, -0.05) is 42.5 Å². The Hall–Kier alpha value is -4.17. The molecule has 0 spiro atoms. The minimum Gasteiger partial charge on any atom is -0.356 e. The van der Waals surface area contributed by atoms with Crippen molar-refractivity contribution in [1.29, 1.82) is 0 Å². The van der Waals surface area contributed by atoms with Crippen LogP contribution in [0.2, 0.25) is 0 Å². The predicted molar refractivity (Wildman–Crippen MR) is 123 cm³/mol. The SMILES string of the molecule is CCNC(=O)CC(Cc1cccc2ccccc12)C(=O)N[C@@H](Cc1cnc[nH]1)C(=O)N=[N+]=[N-]. The van der Waals surface area contributed by atoms with E-state index in [9.17, 15) is 14.4 Å². The Kier molecular flexibility index (Phi) is 8.15. The van der Waals surface area contributed by atoms with E-state index in [0.717, 1.165) is 16.3 Å². The van der Waals surface area contributed by atoms with Crippen molar-refractivity contribution in [3.63, 3.8) is 0 Å². The number of carbonyl (C=O) groups excluding carboxylic acids is 3. The van der Waals surface area contributed by atoms with E-state index in [-0.39, 0.29) is 18.7 Å². The third-order valence-electron chi connectivity index (χ3n) is 5.26. The zero-order chi connectivity index (χ0) is 23.6. The number of imidazole rings is 1. The summed E-state index contributed by atoms with van der Waals surface area (Å²) in [5.74, 6) is -2.28. The van der Waals surface area contributed by atoms with Crippen LogP contribution in [0.3, 0.4) is 0 Å². The first-order valence-electron chi connectivity index (χ1n) is 10.6. The Balaban J connectivity index is 1.86. The van der Waals surface area contributed by atoms with Crippen LogP contribution >= 0.6 is 0 Å². The summed E-state index contributed by atoms with van der Waals surface area (Å²) in [4.78, 5) is 47.3. The normalized spacial score (nSPS) is 12.4. The molecule has 0 aliphatic heterocycles. The molecule has 10 nitrogen and oxygen atoms in total.